The lowest BCUT2D eigenvalue weighted by molar-refractivity contribution is 0.397. The van der Waals surface area contributed by atoms with Gasteiger partial charge in [0.2, 0.25) is 0 Å². The fourth-order valence-electron chi connectivity index (χ4n) is 1.43. The van der Waals surface area contributed by atoms with Crippen molar-refractivity contribution in [2.45, 2.75) is 25.9 Å². The van der Waals surface area contributed by atoms with Gasteiger partial charge >= 0.3 is 0 Å². The molecule has 1 saturated heterocycles. The summed E-state index contributed by atoms with van der Waals surface area (Å²) in [6.45, 7) is 3.11. The fourth-order valence-corrected chi connectivity index (χ4v) is 1.43. The van der Waals surface area contributed by atoms with Crippen LogP contribution in [0.5, 0.6) is 0 Å². The van der Waals surface area contributed by atoms with Crippen molar-refractivity contribution in [3.63, 3.8) is 0 Å². The van der Waals surface area contributed by atoms with E-state index in [0.717, 1.165) is 13.0 Å². The van der Waals surface area contributed by atoms with E-state index in [1.807, 2.05) is 0 Å². The van der Waals surface area contributed by atoms with Crippen molar-refractivity contribution >= 4 is 0 Å². The molecule has 0 saturated carbocycles. The quantitative estimate of drug-likeness (QED) is 0.621. The molecule has 0 amide bonds. The van der Waals surface area contributed by atoms with Crippen LogP contribution in [-0.4, -0.2) is 12.7 Å². The molecule has 12 heavy (non-hydrogen) atoms. The van der Waals surface area contributed by atoms with Gasteiger partial charge in [-0.25, -0.2) is 0 Å². The maximum absolute atomic E-state index is 5.16. The van der Waals surface area contributed by atoms with Crippen molar-refractivity contribution in [2.24, 2.45) is 0 Å². The molecule has 1 atom stereocenters. The van der Waals surface area contributed by atoms with Gasteiger partial charge in [0.15, 0.2) is 0 Å². The van der Waals surface area contributed by atoms with Crippen LogP contribution in [0.2, 0.25) is 0 Å². The molecular weight excluding hydrogens is 148 g/mol. The van der Waals surface area contributed by atoms with Crippen LogP contribution in [0, 0.1) is 6.92 Å². The minimum atomic E-state index is 0.561. The lowest BCUT2D eigenvalue weighted by Gasteiger charge is -1.99. The van der Waals surface area contributed by atoms with Gasteiger partial charge in [-0.15, -0.1) is 0 Å². The van der Waals surface area contributed by atoms with Crippen molar-refractivity contribution in [3.8, 4) is 0 Å². The molecule has 1 aliphatic rings. The summed E-state index contributed by atoms with van der Waals surface area (Å²) in [6, 6.07) is 8.70. The normalized spacial score (nSPS) is 20.9. The van der Waals surface area contributed by atoms with Gasteiger partial charge in [-0.05, 0) is 25.3 Å². The molecule has 0 spiro atoms. The van der Waals surface area contributed by atoms with Crippen LogP contribution in [0.15, 0.2) is 24.3 Å². The van der Waals surface area contributed by atoms with Gasteiger partial charge in [-0.3, -0.25) is 0 Å². The Labute approximate surface area is 73.4 Å². The number of epoxide rings is 1. The van der Waals surface area contributed by atoms with E-state index in [2.05, 4.69) is 31.2 Å². The molecule has 64 valence electrons. The maximum atomic E-state index is 5.16. The minimum absolute atomic E-state index is 0.561. The van der Waals surface area contributed by atoms with Crippen LogP contribution in [0.25, 0.3) is 0 Å². The van der Waals surface area contributed by atoms with Crippen molar-refractivity contribution in [1.82, 2.24) is 0 Å². The van der Waals surface area contributed by atoms with E-state index >= 15 is 0 Å². The number of benzene rings is 1. The van der Waals surface area contributed by atoms with Crippen LogP contribution in [-0.2, 0) is 11.2 Å². The number of rotatable bonds is 3. The van der Waals surface area contributed by atoms with E-state index < -0.39 is 0 Å². The molecular formula is C11H14O. The Morgan fingerprint density at radius 3 is 3.00 bits per heavy atom. The molecule has 1 nitrogen and oxygen atoms in total. The third-order valence-corrected chi connectivity index (χ3v) is 2.24. The van der Waals surface area contributed by atoms with Gasteiger partial charge in [0.1, 0.15) is 0 Å². The van der Waals surface area contributed by atoms with E-state index in [1.165, 1.54) is 17.5 Å². The molecule has 1 aromatic rings. The third kappa shape index (κ3) is 2.08. The van der Waals surface area contributed by atoms with Crippen LogP contribution in [0.3, 0.4) is 0 Å². The number of ether oxygens (including phenoxy) is 1. The summed E-state index contributed by atoms with van der Waals surface area (Å²) in [5.41, 5.74) is 2.79. The van der Waals surface area contributed by atoms with Gasteiger partial charge in [0.05, 0.1) is 12.7 Å². The summed E-state index contributed by atoms with van der Waals surface area (Å²) < 4.78 is 5.16. The van der Waals surface area contributed by atoms with Crippen molar-refractivity contribution in [2.75, 3.05) is 6.61 Å². The highest BCUT2D eigenvalue weighted by Gasteiger charge is 2.21. The molecule has 1 fully saturated rings. The first-order chi connectivity index (χ1) is 5.84. The molecule has 1 aliphatic heterocycles. The highest BCUT2D eigenvalue weighted by Crippen LogP contribution is 2.17. The monoisotopic (exact) mass is 162 g/mol. The highest BCUT2D eigenvalue weighted by atomic mass is 16.6. The van der Waals surface area contributed by atoms with Gasteiger partial charge < -0.3 is 4.74 Å². The Morgan fingerprint density at radius 1 is 1.50 bits per heavy atom. The SMILES string of the molecule is Cc1cccc(CCC2CO2)c1. The van der Waals surface area contributed by atoms with Crippen molar-refractivity contribution in [1.29, 1.82) is 0 Å². The van der Waals surface area contributed by atoms with Crippen LogP contribution < -0.4 is 0 Å². The van der Waals surface area contributed by atoms with Crippen molar-refractivity contribution in [3.05, 3.63) is 35.4 Å². The molecule has 0 aromatic heterocycles. The highest BCUT2D eigenvalue weighted by molar-refractivity contribution is 5.22. The molecule has 0 aliphatic carbocycles. The predicted octanol–water partition coefficient (Wildman–Crippen LogP) is 2.33. The van der Waals surface area contributed by atoms with E-state index in [4.69, 9.17) is 4.74 Å². The standard InChI is InChI=1S/C11H14O/c1-9-3-2-4-10(7-9)5-6-11-8-12-11/h2-4,7,11H,5-6,8H2,1H3. The molecule has 0 N–H and O–H groups in total. The fraction of sp³-hybridized carbons (Fsp3) is 0.455. The van der Waals surface area contributed by atoms with Gasteiger partial charge in [-0.2, -0.15) is 0 Å². The van der Waals surface area contributed by atoms with Gasteiger partial charge in [0, 0.05) is 0 Å². The van der Waals surface area contributed by atoms with Crippen LogP contribution in [0.1, 0.15) is 17.5 Å². The molecule has 0 radical (unpaired) electrons. The Morgan fingerprint density at radius 2 is 2.33 bits per heavy atom. The predicted molar refractivity (Wildman–Crippen MR) is 49.2 cm³/mol. The summed E-state index contributed by atoms with van der Waals surface area (Å²) in [5, 5.41) is 0. The molecule has 1 heterocycles. The summed E-state index contributed by atoms with van der Waals surface area (Å²) >= 11 is 0. The van der Waals surface area contributed by atoms with E-state index in [9.17, 15) is 0 Å². The Hall–Kier alpha value is -0.820. The van der Waals surface area contributed by atoms with E-state index in [1.54, 1.807) is 0 Å². The smallest absolute Gasteiger partial charge is 0.0813 e. The second-order valence-electron chi connectivity index (χ2n) is 3.48. The van der Waals surface area contributed by atoms with E-state index in [0.29, 0.717) is 6.10 Å². The number of hydrogen-bond donors (Lipinski definition) is 0. The molecule has 1 heteroatoms. The molecule has 0 bridgehead atoms. The first kappa shape index (κ1) is 7.81. The number of hydrogen-bond acceptors (Lipinski definition) is 1. The van der Waals surface area contributed by atoms with E-state index in [-0.39, 0.29) is 0 Å². The topological polar surface area (TPSA) is 12.5 Å². The minimum Gasteiger partial charge on any atom is -0.373 e. The summed E-state index contributed by atoms with van der Waals surface area (Å²) in [6.07, 6.45) is 2.90. The molecule has 2 rings (SSSR count). The summed E-state index contributed by atoms with van der Waals surface area (Å²) in [7, 11) is 0. The van der Waals surface area contributed by atoms with Gasteiger partial charge in [0.25, 0.3) is 0 Å². The average molecular weight is 162 g/mol. The zero-order valence-electron chi connectivity index (χ0n) is 7.42. The van der Waals surface area contributed by atoms with Gasteiger partial charge in [-0.1, -0.05) is 29.8 Å². The second kappa shape index (κ2) is 3.28. The molecule has 1 aromatic carbocycles. The largest absolute Gasteiger partial charge is 0.373 e. The lowest BCUT2D eigenvalue weighted by Crippen LogP contribution is -1.91. The maximum Gasteiger partial charge on any atom is 0.0813 e. The zero-order chi connectivity index (χ0) is 8.39. The number of aryl methyl sites for hydroxylation is 2. The average Bonchev–Trinajstić information content (AvgIpc) is 2.84. The Balaban J connectivity index is 1.92. The van der Waals surface area contributed by atoms with Crippen molar-refractivity contribution < 1.29 is 4.74 Å². The zero-order valence-corrected chi connectivity index (χ0v) is 7.42. The molecule has 1 unspecified atom stereocenters. The first-order valence-electron chi connectivity index (χ1n) is 4.52. The Kier molecular flexibility index (Phi) is 2.13. The Bertz CT molecular complexity index is 263. The van der Waals surface area contributed by atoms with Crippen LogP contribution >= 0.6 is 0 Å². The second-order valence-corrected chi connectivity index (χ2v) is 3.48. The summed E-state index contributed by atoms with van der Waals surface area (Å²) in [5.74, 6) is 0. The third-order valence-electron chi connectivity index (χ3n) is 2.24. The first-order valence-corrected chi connectivity index (χ1v) is 4.52. The summed E-state index contributed by atoms with van der Waals surface area (Å²) in [4.78, 5) is 0. The van der Waals surface area contributed by atoms with Crippen LogP contribution in [0.4, 0.5) is 0 Å². The lowest BCUT2D eigenvalue weighted by atomic mass is 10.1.